The van der Waals surface area contributed by atoms with E-state index in [1.807, 2.05) is 20.8 Å². The summed E-state index contributed by atoms with van der Waals surface area (Å²) in [4.78, 5) is 16.3. The highest BCUT2D eigenvalue weighted by Gasteiger charge is 2.15. The molecule has 5 nitrogen and oxygen atoms in total. The van der Waals surface area contributed by atoms with Crippen molar-refractivity contribution in [3.8, 4) is 0 Å². The minimum absolute atomic E-state index is 0.390. The van der Waals surface area contributed by atoms with E-state index in [4.69, 9.17) is 4.74 Å². The van der Waals surface area contributed by atoms with E-state index in [0.717, 1.165) is 17.1 Å². The van der Waals surface area contributed by atoms with E-state index < -0.39 is 5.60 Å². The lowest BCUT2D eigenvalue weighted by atomic mass is 10.0. The number of anilines is 1. The molecule has 6 heteroatoms. The summed E-state index contributed by atoms with van der Waals surface area (Å²) >= 11 is 1.67. The number of alkyl carbamates (subject to hydrolysis) is 1. The van der Waals surface area contributed by atoms with Gasteiger partial charge >= 0.3 is 6.09 Å². The number of fused-ring (bicyclic) bond motifs is 1. The number of aromatic nitrogens is 1. The Morgan fingerprint density at radius 1 is 1.03 bits per heavy atom. The molecule has 0 saturated carbocycles. The molecule has 0 bridgehead atoms. The molecule has 2 N–H and O–H groups in total. The van der Waals surface area contributed by atoms with Crippen molar-refractivity contribution < 1.29 is 9.53 Å². The van der Waals surface area contributed by atoms with Crippen LogP contribution in [0.4, 0.5) is 9.93 Å². The number of aryl methyl sites for hydroxylation is 1. The minimum atomic E-state index is -0.475. The molecule has 0 radical (unpaired) electrons. The summed E-state index contributed by atoms with van der Waals surface area (Å²) in [5.41, 5.74) is 1.95. The van der Waals surface area contributed by atoms with E-state index in [-0.39, 0.29) is 6.09 Å². The lowest BCUT2D eigenvalue weighted by Crippen LogP contribution is -2.34. The number of rotatable bonds is 13. The normalized spacial score (nSPS) is 11.6. The molecule has 0 aliphatic rings. The highest BCUT2D eigenvalue weighted by atomic mass is 32.1. The molecule has 168 valence electrons. The molecule has 1 aromatic carbocycles. The van der Waals surface area contributed by atoms with E-state index in [0.29, 0.717) is 13.1 Å². The number of carbonyl (C=O) groups is 1. The van der Waals surface area contributed by atoms with Gasteiger partial charge in [0, 0.05) is 13.1 Å². The maximum absolute atomic E-state index is 11.7. The van der Waals surface area contributed by atoms with E-state index in [1.54, 1.807) is 11.3 Å². The van der Waals surface area contributed by atoms with Gasteiger partial charge in [0.2, 0.25) is 0 Å². The Morgan fingerprint density at radius 2 is 1.73 bits per heavy atom. The summed E-state index contributed by atoms with van der Waals surface area (Å²) in [6.07, 6.45) is 11.6. The fourth-order valence-electron chi connectivity index (χ4n) is 3.31. The summed E-state index contributed by atoms with van der Waals surface area (Å²) in [7, 11) is 0. The zero-order chi connectivity index (χ0) is 21.8. The van der Waals surface area contributed by atoms with Crippen LogP contribution in [0.5, 0.6) is 0 Å². The van der Waals surface area contributed by atoms with Crippen molar-refractivity contribution in [2.24, 2.45) is 0 Å². The third-order valence-corrected chi connectivity index (χ3v) is 5.82. The van der Waals surface area contributed by atoms with Crippen molar-refractivity contribution in [1.82, 2.24) is 10.3 Å². The Balaban J connectivity index is 1.68. The first-order chi connectivity index (χ1) is 14.4. The molecule has 2 aromatic rings. The van der Waals surface area contributed by atoms with Gasteiger partial charge in [0.25, 0.3) is 0 Å². The van der Waals surface area contributed by atoms with E-state index in [9.17, 15) is 4.79 Å². The number of unbranched alkanes of at least 4 members (excludes halogenated alkanes) is 7. The van der Waals surface area contributed by atoms with Gasteiger partial charge in [0.1, 0.15) is 5.60 Å². The molecule has 0 atom stereocenters. The fourth-order valence-corrected chi connectivity index (χ4v) is 4.27. The number of nitrogens with zero attached hydrogens (tertiary/aromatic N) is 1. The number of benzene rings is 1. The Hall–Kier alpha value is -1.82. The molecular formula is C24H39N3O2S. The first-order valence-electron chi connectivity index (χ1n) is 11.5. The molecule has 1 heterocycles. The Labute approximate surface area is 186 Å². The van der Waals surface area contributed by atoms with Crippen LogP contribution in [0.25, 0.3) is 10.2 Å². The minimum Gasteiger partial charge on any atom is -0.444 e. The largest absolute Gasteiger partial charge is 0.444 e. The third kappa shape index (κ3) is 9.79. The van der Waals surface area contributed by atoms with Crippen LogP contribution in [-0.2, 0) is 11.2 Å². The van der Waals surface area contributed by atoms with E-state index >= 15 is 0 Å². The SMILES string of the molecule is CCCCCCCCCCc1ccc2nc(NCCNC(=O)OC(C)(C)C)sc2c1. The summed E-state index contributed by atoms with van der Waals surface area (Å²) in [6.45, 7) is 8.94. The van der Waals surface area contributed by atoms with Crippen LogP contribution < -0.4 is 10.6 Å². The topological polar surface area (TPSA) is 63.2 Å². The number of amides is 1. The second-order valence-corrected chi connectivity index (χ2v) is 9.93. The van der Waals surface area contributed by atoms with Crippen LogP contribution in [0.15, 0.2) is 18.2 Å². The second-order valence-electron chi connectivity index (χ2n) is 8.90. The average molecular weight is 434 g/mol. The summed E-state index contributed by atoms with van der Waals surface area (Å²) in [6, 6.07) is 6.60. The number of hydrogen-bond acceptors (Lipinski definition) is 5. The van der Waals surface area contributed by atoms with Gasteiger partial charge in [-0.25, -0.2) is 9.78 Å². The lowest BCUT2D eigenvalue weighted by Gasteiger charge is -2.19. The quantitative estimate of drug-likeness (QED) is 0.337. The predicted molar refractivity (Wildman–Crippen MR) is 129 cm³/mol. The van der Waals surface area contributed by atoms with Gasteiger partial charge in [-0.3, -0.25) is 0 Å². The standard InChI is InChI=1S/C24H39N3O2S/c1-5-6-7-8-9-10-11-12-13-19-14-15-20-21(18-19)30-22(27-20)25-16-17-26-23(28)29-24(2,3)4/h14-15,18H,5-13,16-17H2,1-4H3,(H,25,27)(H,26,28). The molecule has 0 aliphatic heterocycles. The predicted octanol–water partition coefficient (Wildman–Crippen LogP) is 6.92. The number of ether oxygens (including phenoxy) is 1. The van der Waals surface area contributed by atoms with Crippen LogP contribution >= 0.6 is 11.3 Å². The molecule has 2 rings (SSSR count). The van der Waals surface area contributed by atoms with E-state index in [2.05, 4.69) is 40.7 Å². The monoisotopic (exact) mass is 433 g/mol. The Bertz CT molecular complexity index is 767. The van der Waals surface area contributed by atoms with Crippen molar-refractivity contribution >= 4 is 32.8 Å². The van der Waals surface area contributed by atoms with Gasteiger partial charge in [-0.1, -0.05) is 69.3 Å². The lowest BCUT2D eigenvalue weighted by molar-refractivity contribution is 0.0530. The average Bonchev–Trinajstić information content (AvgIpc) is 3.08. The fraction of sp³-hybridized carbons (Fsp3) is 0.667. The van der Waals surface area contributed by atoms with Gasteiger partial charge in [0.15, 0.2) is 5.13 Å². The Morgan fingerprint density at radius 3 is 2.43 bits per heavy atom. The van der Waals surface area contributed by atoms with Crippen LogP contribution in [0.3, 0.4) is 0 Å². The first kappa shape index (κ1) is 24.4. The first-order valence-corrected chi connectivity index (χ1v) is 12.3. The third-order valence-electron chi connectivity index (χ3n) is 4.84. The highest BCUT2D eigenvalue weighted by Crippen LogP contribution is 2.27. The van der Waals surface area contributed by atoms with Gasteiger partial charge < -0.3 is 15.4 Å². The summed E-state index contributed by atoms with van der Waals surface area (Å²) in [5, 5.41) is 6.93. The second kappa shape index (κ2) is 12.8. The summed E-state index contributed by atoms with van der Waals surface area (Å²) < 4.78 is 6.45. The van der Waals surface area contributed by atoms with Crippen molar-refractivity contribution in [3.63, 3.8) is 0 Å². The zero-order valence-corrected chi connectivity index (χ0v) is 20.0. The molecule has 0 aliphatic carbocycles. The molecule has 0 fully saturated rings. The van der Waals surface area contributed by atoms with E-state index in [1.165, 1.54) is 61.6 Å². The van der Waals surface area contributed by atoms with Crippen LogP contribution in [0, 0.1) is 0 Å². The number of thiazole rings is 1. The number of hydrogen-bond donors (Lipinski definition) is 2. The van der Waals surface area contributed by atoms with Gasteiger partial charge in [-0.2, -0.15) is 0 Å². The molecular weight excluding hydrogens is 394 g/mol. The molecule has 30 heavy (non-hydrogen) atoms. The van der Waals surface area contributed by atoms with Gasteiger partial charge in [-0.05, 0) is 51.3 Å². The summed E-state index contributed by atoms with van der Waals surface area (Å²) in [5.74, 6) is 0. The number of carbonyl (C=O) groups excluding carboxylic acids is 1. The van der Waals surface area contributed by atoms with Crippen molar-refractivity contribution in [2.45, 2.75) is 91.1 Å². The van der Waals surface area contributed by atoms with Crippen LogP contribution in [0.1, 0.15) is 84.6 Å². The van der Waals surface area contributed by atoms with Crippen molar-refractivity contribution in [1.29, 1.82) is 0 Å². The smallest absolute Gasteiger partial charge is 0.407 e. The number of nitrogens with one attached hydrogen (secondary N) is 2. The van der Waals surface area contributed by atoms with Crippen LogP contribution in [-0.4, -0.2) is 29.8 Å². The maximum atomic E-state index is 11.7. The molecule has 0 saturated heterocycles. The zero-order valence-electron chi connectivity index (χ0n) is 19.2. The highest BCUT2D eigenvalue weighted by molar-refractivity contribution is 7.22. The van der Waals surface area contributed by atoms with Crippen molar-refractivity contribution in [2.75, 3.05) is 18.4 Å². The molecule has 0 spiro atoms. The molecule has 1 aromatic heterocycles. The molecule has 0 unspecified atom stereocenters. The molecule has 1 amide bonds. The van der Waals surface area contributed by atoms with Gasteiger partial charge in [0.05, 0.1) is 10.2 Å². The van der Waals surface area contributed by atoms with Crippen LogP contribution in [0.2, 0.25) is 0 Å². The Kier molecular flexibility index (Phi) is 10.4. The maximum Gasteiger partial charge on any atom is 0.407 e. The van der Waals surface area contributed by atoms with Crippen molar-refractivity contribution in [3.05, 3.63) is 23.8 Å². The van der Waals surface area contributed by atoms with Gasteiger partial charge in [-0.15, -0.1) is 0 Å².